The van der Waals surface area contributed by atoms with Crippen molar-refractivity contribution in [3.8, 4) is 0 Å². The molecular formula is C20H25ClN6O3. The Labute approximate surface area is 179 Å². The first-order valence-corrected chi connectivity index (χ1v) is 9.88. The van der Waals surface area contributed by atoms with Crippen molar-refractivity contribution in [1.82, 2.24) is 20.3 Å². The van der Waals surface area contributed by atoms with Gasteiger partial charge in [-0.3, -0.25) is 0 Å². The molecule has 1 atom stereocenters. The van der Waals surface area contributed by atoms with Crippen LogP contribution in [-0.2, 0) is 4.79 Å². The van der Waals surface area contributed by atoms with Gasteiger partial charge in [0.25, 0.3) is 0 Å². The van der Waals surface area contributed by atoms with Crippen molar-refractivity contribution in [2.45, 2.75) is 47.1 Å². The molecule has 0 aliphatic heterocycles. The molecule has 0 fully saturated rings. The number of aromatic nitrogens is 4. The summed E-state index contributed by atoms with van der Waals surface area (Å²) in [5, 5.41) is 24.7. The van der Waals surface area contributed by atoms with Gasteiger partial charge in [-0.2, -0.15) is 0 Å². The maximum Gasteiger partial charge on any atom is 0.330 e. The summed E-state index contributed by atoms with van der Waals surface area (Å²) in [5.41, 5.74) is -0.0165. The van der Waals surface area contributed by atoms with Crippen molar-refractivity contribution in [2.24, 2.45) is 11.3 Å². The van der Waals surface area contributed by atoms with E-state index in [9.17, 15) is 9.90 Å². The highest BCUT2D eigenvalue weighted by Crippen LogP contribution is 2.41. The van der Waals surface area contributed by atoms with E-state index in [4.69, 9.17) is 16.2 Å². The molecule has 0 saturated carbocycles. The summed E-state index contributed by atoms with van der Waals surface area (Å²) in [6.07, 6.45) is 0. The van der Waals surface area contributed by atoms with Crippen molar-refractivity contribution in [2.75, 3.05) is 10.6 Å². The molecule has 30 heavy (non-hydrogen) atoms. The number of carboxylic acids is 1. The molecule has 10 heteroatoms. The third kappa shape index (κ3) is 3.77. The second kappa shape index (κ2) is 7.71. The predicted octanol–water partition coefficient (Wildman–Crippen LogP) is 4.66. The van der Waals surface area contributed by atoms with Gasteiger partial charge >= 0.3 is 5.97 Å². The number of fused-ring (bicyclic) bond motifs is 1. The molecule has 0 unspecified atom stereocenters. The lowest BCUT2D eigenvalue weighted by Gasteiger charge is -2.45. The van der Waals surface area contributed by atoms with Crippen molar-refractivity contribution >= 4 is 46.2 Å². The molecular weight excluding hydrogens is 408 g/mol. The van der Waals surface area contributed by atoms with Crippen molar-refractivity contribution in [3.05, 3.63) is 28.8 Å². The number of halogens is 1. The van der Waals surface area contributed by atoms with Crippen molar-refractivity contribution < 1.29 is 14.5 Å². The molecule has 0 aliphatic carbocycles. The molecule has 3 N–H and O–H groups in total. The van der Waals surface area contributed by atoms with E-state index in [0.717, 1.165) is 5.56 Å². The summed E-state index contributed by atoms with van der Waals surface area (Å²) in [7, 11) is 0. The maximum absolute atomic E-state index is 12.5. The molecule has 2 aromatic heterocycles. The number of anilines is 3. The number of nitrogens with one attached hydrogen (secondary N) is 2. The molecule has 160 valence electrons. The van der Waals surface area contributed by atoms with E-state index in [0.29, 0.717) is 16.5 Å². The topological polar surface area (TPSA) is 126 Å². The minimum absolute atomic E-state index is 0.173. The first-order chi connectivity index (χ1) is 14.0. The minimum atomic E-state index is -1.33. The Hall–Kier alpha value is -2.94. The van der Waals surface area contributed by atoms with Crippen LogP contribution in [0.3, 0.4) is 0 Å². The first kappa shape index (κ1) is 21.8. The Balaban J connectivity index is 2.14. The fourth-order valence-electron chi connectivity index (χ4n) is 3.68. The molecule has 9 nitrogen and oxygen atoms in total. The number of hydrogen-bond donors (Lipinski definition) is 3. The Kier molecular flexibility index (Phi) is 5.60. The van der Waals surface area contributed by atoms with Crippen molar-refractivity contribution in [1.29, 1.82) is 0 Å². The second-order valence-electron chi connectivity index (χ2n) is 8.56. The zero-order valence-electron chi connectivity index (χ0n) is 17.7. The lowest BCUT2D eigenvalue weighted by atomic mass is 9.67. The smallest absolute Gasteiger partial charge is 0.330 e. The summed E-state index contributed by atoms with van der Waals surface area (Å²) in [6.45, 7) is 11.2. The van der Waals surface area contributed by atoms with Crippen LogP contribution in [-0.4, -0.2) is 36.9 Å². The van der Waals surface area contributed by atoms with Crippen LogP contribution in [0.15, 0.2) is 22.8 Å². The van der Waals surface area contributed by atoms with Gasteiger partial charge in [0.1, 0.15) is 5.54 Å². The molecule has 0 amide bonds. The van der Waals surface area contributed by atoms with Crippen LogP contribution in [0.1, 0.15) is 40.2 Å². The maximum atomic E-state index is 12.5. The summed E-state index contributed by atoms with van der Waals surface area (Å²) < 4.78 is 4.74. The van der Waals surface area contributed by atoms with Crippen LogP contribution >= 0.6 is 11.6 Å². The quantitative estimate of drug-likeness (QED) is 0.509. The lowest BCUT2D eigenvalue weighted by molar-refractivity contribution is -0.148. The number of benzene rings is 1. The van der Waals surface area contributed by atoms with E-state index < -0.39 is 16.9 Å². The number of aryl methyl sites for hydroxylation is 1. The van der Waals surface area contributed by atoms with E-state index in [-0.39, 0.29) is 23.0 Å². The molecule has 0 radical (unpaired) electrons. The van der Waals surface area contributed by atoms with E-state index in [1.54, 1.807) is 12.1 Å². The number of rotatable bonds is 6. The van der Waals surface area contributed by atoms with Crippen LogP contribution in [0.5, 0.6) is 0 Å². The van der Waals surface area contributed by atoms with Gasteiger partial charge in [-0.15, -0.1) is 0 Å². The number of aliphatic carboxylic acids is 1. The zero-order chi connectivity index (χ0) is 22.3. The first-order valence-electron chi connectivity index (χ1n) is 9.50. The third-order valence-corrected chi connectivity index (χ3v) is 5.66. The Bertz CT molecular complexity index is 1090. The van der Waals surface area contributed by atoms with E-state index in [1.165, 1.54) is 0 Å². The highest BCUT2D eigenvalue weighted by Gasteiger charge is 2.52. The second-order valence-corrected chi connectivity index (χ2v) is 8.97. The number of carbonyl (C=O) groups is 1. The Morgan fingerprint density at radius 1 is 1.13 bits per heavy atom. The predicted molar refractivity (Wildman–Crippen MR) is 115 cm³/mol. The SMILES string of the molecule is Cc1cc(Nc2nc3nonc3nc2N[C@@](C(=O)O)(C(C)C)C(C)(C)C)ccc1Cl. The highest BCUT2D eigenvalue weighted by molar-refractivity contribution is 6.31. The van der Waals surface area contributed by atoms with Gasteiger partial charge in [-0.05, 0) is 52.3 Å². The van der Waals surface area contributed by atoms with E-state index in [2.05, 4.69) is 30.9 Å². The van der Waals surface area contributed by atoms with Gasteiger partial charge in [0.2, 0.25) is 11.3 Å². The number of carboxylic acid groups (broad SMARTS) is 1. The zero-order valence-corrected chi connectivity index (χ0v) is 18.5. The number of hydrogen-bond acceptors (Lipinski definition) is 8. The van der Waals surface area contributed by atoms with Gasteiger partial charge in [0, 0.05) is 10.7 Å². The van der Waals surface area contributed by atoms with Gasteiger partial charge in [0.05, 0.1) is 0 Å². The van der Waals surface area contributed by atoms with Crippen LogP contribution in [0.25, 0.3) is 11.3 Å². The molecule has 3 rings (SSSR count). The summed E-state index contributed by atoms with van der Waals surface area (Å²) in [4.78, 5) is 21.4. The van der Waals surface area contributed by atoms with E-state index >= 15 is 0 Å². The van der Waals surface area contributed by atoms with Crippen molar-refractivity contribution in [3.63, 3.8) is 0 Å². The van der Waals surface area contributed by atoms with Gasteiger partial charge < -0.3 is 15.7 Å². The largest absolute Gasteiger partial charge is 0.479 e. The normalized spacial score (nSPS) is 14.0. The standard InChI is InChI=1S/C20H25ClN6O3/c1-10(2)20(18(28)29,19(4,5)6)25-15-14(23-16-17(24-15)27-30-26-16)22-12-7-8-13(21)11(3)9-12/h7-10H,1-6H3,(H,28,29)(H,22,23,26)(H,24,25,27)/t20-/m1/s1. The average Bonchev–Trinajstić information content (AvgIpc) is 3.08. The van der Waals surface area contributed by atoms with Crippen LogP contribution in [0.2, 0.25) is 5.02 Å². The Morgan fingerprint density at radius 3 is 2.23 bits per heavy atom. The molecule has 0 bridgehead atoms. The lowest BCUT2D eigenvalue weighted by Crippen LogP contribution is -2.60. The molecule has 2 heterocycles. The Morgan fingerprint density at radius 2 is 1.73 bits per heavy atom. The fourth-order valence-corrected chi connectivity index (χ4v) is 3.79. The minimum Gasteiger partial charge on any atom is -0.479 e. The average molecular weight is 433 g/mol. The number of nitrogens with zero attached hydrogens (tertiary/aromatic N) is 4. The van der Waals surface area contributed by atoms with Gasteiger partial charge in [-0.1, -0.05) is 46.2 Å². The van der Waals surface area contributed by atoms with E-state index in [1.807, 2.05) is 47.6 Å². The molecule has 0 saturated heterocycles. The van der Waals surface area contributed by atoms with Gasteiger partial charge in [-0.25, -0.2) is 19.4 Å². The molecule has 0 aliphatic rings. The van der Waals surface area contributed by atoms with Crippen LogP contribution in [0.4, 0.5) is 17.3 Å². The summed E-state index contributed by atoms with van der Waals surface area (Å²) >= 11 is 6.12. The molecule has 3 aromatic rings. The summed E-state index contributed by atoms with van der Waals surface area (Å²) in [5.74, 6) is -0.723. The van der Waals surface area contributed by atoms with Crippen LogP contribution < -0.4 is 10.6 Å². The summed E-state index contributed by atoms with van der Waals surface area (Å²) in [6, 6.07) is 5.42. The highest BCUT2D eigenvalue weighted by atomic mass is 35.5. The van der Waals surface area contributed by atoms with Gasteiger partial charge in [0.15, 0.2) is 11.6 Å². The van der Waals surface area contributed by atoms with Crippen LogP contribution in [0, 0.1) is 18.3 Å². The fraction of sp³-hybridized carbons (Fsp3) is 0.450. The monoisotopic (exact) mass is 432 g/mol. The molecule has 1 aromatic carbocycles. The third-order valence-electron chi connectivity index (χ3n) is 5.24. The molecule has 0 spiro atoms.